The first-order chi connectivity index (χ1) is 11.0. The molecule has 2 fully saturated rings. The molecule has 1 aliphatic carbocycles. The van der Waals surface area contributed by atoms with Gasteiger partial charge in [-0.2, -0.15) is 0 Å². The lowest BCUT2D eigenvalue weighted by atomic mass is 9.92. The Morgan fingerprint density at radius 1 is 1.35 bits per heavy atom. The van der Waals surface area contributed by atoms with Crippen molar-refractivity contribution in [3.05, 3.63) is 29.8 Å². The Morgan fingerprint density at radius 3 is 2.78 bits per heavy atom. The molecule has 1 atom stereocenters. The van der Waals surface area contributed by atoms with Crippen molar-refractivity contribution in [3.63, 3.8) is 0 Å². The molecule has 0 aromatic heterocycles. The van der Waals surface area contributed by atoms with Crippen LogP contribution in [0.25, 0.3) is 0 Å². The van der Waals surface area contributed by atoms with Gasteiger partial charge in [0.25, 0.3) is 0 Å². The highest BCUT2D eigenvalue weighted by Gasteiger charge is 2.57. The van der Waals surface area contributed by atoms with Gasteiger partial charge in [0.05, 0.1) is 4.90 Å². The minimum absolute atomic E-state index is 0.0915. The molecule has 1 spiro atoms. The SMILES string of the molecule is CNS(=O)(=O)c1cccc(CNC(=O)C2CC23CCNCC3)c1. The molecule has 1 aromatic rings. The van der Waals surface area contributed by atoms with Crippen LogP contribution in [0.5, 0.6) is 0 Å². The van der Waals surface area contributed by atoms with Crippen LogP contribution in [0.3, 0.4) is 0 Å². The second kappa shape index (κ2) is 6.22. The molecule has 3 N–H and O–H groups in total. The first-order valence-corrected chi connectivity index (χ1v) is 9.46. The molecule has 1 saturated heterocycles. The minimum Gasteiger partial charge on any atom is -0.352 e. The fourth-order valence-electron chi connectivity index (χ4n) is 3.45. The third-order valence-electron chi connectivity index (χ3n) is 5.05. The summed E-state index contributed by atoms with van der Waals surface area (Å²) >= 11 is 0. The van der Waals surface area contributed by atoms with Crippen LogP contribution in [-0.2, 0) is 21.4 Å². The van der Waals surface area contributed by atoms with Crippen LogP contribution in [0.4, 0.5) is 0 Å². The Morgan fingerprint density at radius 2 is 2.09 bits per heavy atom. The van der Waals surface area contributed by atoms with Crippen molar-refractivity contribution in [3.8, 4) is 0 Å². The van der Waals surface area contributed by atoms with Crippen LogP contribution in [0, 0.1) is 11.3 Å². The van der Waals surface area contributed by atoms with E-state index in [2.05, 4.69) is 15.4 Å². The summed E-state index contributed by atoms with van der Waals surface area (Å²) < 4.78 is 25.9. The van der Waals surface area contributed by atoms with Crippen LogP contribution in [0.2, 0.25) is 0 Å². The lowest BCUT2D eigenvalue weighted by Gasteiger charge is -2.23. The van der Waals surface area contributed by atoms with E-state index < -0.39 is 10.0 Å². The molecule has 23 heavy (non-hydrogen) atoms. The Labute approximate surface area is 137 Å². The van der Waals surface area contributed by atoms with E-state index in [0.29, 0.717) is 6.54 Å². The van der Waals surface area contributed by atoms with E-state index in [1.165, 1.54) is 7.05 Å². The summed E-state index contributed by atoms with van der Waals surface area (Å²) in [5.74, 6) is 0.211. The molecule has 1 aromatic carbocycles. The number of sulfonamides is 1. The maximum absolute atomic E-state index is 12.3. The van der Waals surface area contributed by atoms with Gasteiger partial charge in [0.2, 0.25) is 15.9 Å². The topological polar surface area (TPSA) is 87.3 Å². The second-order valence-electron chi connectivity index (χ2n) is 6.44. The molecule has 6 nitrogen and oxygen atoms in total. The van der Waals surface area contributed by atoms with E-state index >= 15 is 0 Å². The van der Waals surface area contributed by atoms with E-state index in [9.17, 15) is 13.2 Å². The third kappa shape index (κ3) is 3.41. The van der Waals surface area contributed by atoms with Crippen LogP contribution in [-0.4, -0.2) is 34.5 Å². The zero-order valence-corrected chi connectivity index (χ0v) is 14.1. The van der Waals surface area contributed by atoms with Crippen LogP contribution < -0.4 is 15.4 Å². The molecule has 0 radical (unpaired) electrons. The van der Waals surface area contributed by atoms with E-state index in [4.69, 9.17) is 0 Å². The molecular formula is C16H23N3O3S. The number of amides is 1. The van der Waals surface area contributed by atoms with Crippen molar-refractivity contribution in [2.24, 2.45) is 11.3 Å². The van der Waals surface area contributed by atoms with E-state index in [-0.39, 0.29) is 22.1 Å². The number of nitrogens with one attached hydrogen (secondary N) is 3. The Bertz CT molecular complexity index is 696. The summed E-state index contributed by atoms with van der Waals surface area (Å²) in [6.07, 6.45) is 3.12. The highest BCUT2D eigenvalue weighted by atomic mass is 32.2. The summed E-state index contributed by atoms with van der Waals surface area (Å²) in [6.45, 7) is 2.35. The summed E-state index contributed by atoms with van der Waals surface area (Å²) in [6, 6.07) is 6.65. The predicted octanol–water partition coefficient (Wildman–Crippen LogP) is 0.601. The maximum Gasteiger partial charge on any atom is 0.240 e. The summed E-state index contributed by atoms with van der Waals surface area (Å²) in [5.41, 5.74) is 1.00. The average Bonchev–Trinajstić information content (AvgIpc) is 3.26. The summed E-state index contributed by atoms with van der Waals surface area (Å²) in [5, 5.41) is 6.28. The highest BCUT2D eigenvalue weighted by Crippen LogP contribution is 2.58. The lowest BCUT2D eigenvalue weighted by Crippen LogP contribution is -2.33. The molecule has 1 aliphatic heterocycles. The van der Waals surface area contributed by atoms with Crippen LogP contribution >= 0.6 is 0 Å². The molecule has 1 heterocycles. The number of rotatable bonds is 5. The average molecular weight is 337 g/mol. The zero-order valence-electron chi connectivity index (χ0n) is 13.3. The van der Waals surface area contributed by atoms with Gasteiger partial charge in [-0.1, -0.05) is 12.1 Å². The van der Waals surface area contributed by atoms with Crippen molar-refractivity contribution in [2.75, 3.05) is 20.1 Å². The zero-order chi connectivity index (χ0) is 16.5. The van der Waals surface area contributed by atoms with Crippen molar-refractivity contribution >= 4 is 15.9 Å². The number of carbonyl (C=O) groups excluding carboxylic acids is 1. The Kier molecular flexibility index (Phi) is 4.44. The van der Waals surface area contributed by atoms with Gasteiger partial charge in [-0.15, -0.1) is 0 Å². The van der Waals surface area contributed by atoms with Gasteiger partial charge in [-0.3, -0.25) is 4.79 Å². The molecule has 1 amide bonds. The largest absolute Gasteiger partial charge is 0.352 e. The van der Waals surface area contributed by atoms with Crippen LogP contribution in [0.1, 0.15) is 24.8 Å². The van der Waals surface area contributed by atoms with Gasteiger partial charge in [0, 0.05) is 12.5 Å². The van der Waals surface area contributed by atoms with Crippen molar-refractivity contribution < 1.29 is 13.2 Å². The standard InChI is InChI=1S/C16H23N3O3S/c1-17-23(21,22)13-4-2-3-12(9-13)11-19-15(20)14-10-16(14)5-7-18-8-6-16/h2-4,9,14,17-18H,5-8,10-11H2,1H3,(H,19,20). The summed E-state index contributed by atoms with van der Waals surface area (Å²) in [4.78, 5) is 12.5. The Balaban J connectivity index is 1.59. The van der Waals surface area contributed by atoms with Crippen LogP contribution in [0.15, 0.2) is 29.2 Å². The Hall–Kier alpha value is -1.44. The fourth-order valence-corrected chi connectivity index (χ4v) is 4.25. The number of carbonyl (C=O) groups is 1. The third-order valence-corrected chi connectivity index (χ3v) is 6.46. The molecule has 0 bridgehead atoms. The van der Waals surface area contributed by atoms with E-state index in [1.54, 1.807) is 18.2 Å². The molecule has 1 saturated carbocycles. The first kappa shape index (κ1) is 16.4. The maximum atomic E-state index is 12.3. The molecule has 3 rings (SSSR count). The smallest absolute Gasteiger partial charge is 0.240 e. The number of hydrogen-bond acceptors (Lipinski definition) is 4. The monoisotopic (exact) mass is 337 g/mol. The number of hydrogen-bond donors (Lipinski definition) is 3. The van der Waals surface area contributed by atoms with Crippen molar-refractivity contribution in [1.29, 1.82) is 0 Å². The molecule has 7 heteroatoms. The molecule has 1 unspecified atom stereocenters. The molecule has 126 valence electrons. The quantitative estimate of drug-likeness (QED) is 0.734. The second-order valence-corrected chi connectivity index (χ2v) is 8.33. The van der Waals surface area contributed by atoms with Gasteiger partial charge < -0.3 is 10.6 Å². The number of benzene rings is 1. The first-order valence-electron chi connectivity index (χ1n) is 7.98. The van der Waals surface area contributed by atoms with Crippen molar-refractivity contribution in [2.45, 2.75) is 30.7 Å². The van der Waals surface area contributed by atoms with Gasteiger partial charge in [-0.05, 0) is 62.5 Å². The van der Waals surface area contributed by atoms with Gasteiger partial charge in [-0.25, -0.2) is 13.1 Å². The van der Waals surface area contributed by atoms with E-state index in [1.807, 2.05) is 6.07 Å². The van der Waals surface area contributed by atoms with Crippen molar-refractivity contribution in [1.82, 2.24) is 15.4 Å². The predicted molar refractivity (Wildman–Crippen MR) is 87.2 cm³/mol. The van der Waals surface area contributed by atoms with Gasteiger partial charge in [0.15, 0.2) is 0 Å². The molecular weight excluding hydrogens is 314 g/mol. The minimum atomic E-state index is -3.46. The van der Waals surface area contributed by atoms with Gasteiger partial charge >= 0.3 is 0 Å². The lowest BCUT2D eigenvalue weighted by molar-refractivity contribution is -0.123. The summed E-state index contributed by atoms with van der Waals surface area (Å²) in [7, 11) is -2.07. The fraction of sp³-hybridized carbons (Fsp3) is 0.562. The normalized spacial score (nSPS) is 22.7. The number of piperidine rings is 1. The highest BCUT2D eigenvalue weighted by molar-refractivity contribution is 7.89. The van der Waals surface area contributed by atoms with E-state index in [0.717, 1.165) is 37.9 Å². The molecule has 2 aliphatic rings. The van der Waals surface area contributed by atoms with Gasteiger partial charge in [0.1, 0.15) is 0 Å².